The molecular weight excluding hydrogens is 176 g/mol. The fourth-order valence-corrected chi connectivity index (χ4v) is 1.56. The Hall–Kier alpha value is -0.370. The summed E-state index contributed by atoms with van der Waals surface area (Å²) in [5.74, 6) is 0.692. The van der Waals surface area contributed by atoms with E-state index >= 15 is 0 Å². The molecule has 0 rings (SSSR count). The number of rotatable bonds is 5. The van der Waals surface area contributed by atoms with Crippen LogP contribution in [0.4, 0.5) is 0 Å². The van der Waals surface area contributed by atoms with Gasteiger partial charge in [-0.25, -0.2) is 0 Å². The van der Waals surface area contributed by atoms with Crippen molar-refractivity contribution in [2.45, 2.75) is 53.6 Å². The fraction of sp³-hybridized carbons (Fsp3) is 0.917. The second kappa shape index (κ2) is 5.50. The van der Waals surface area contributed by atoms with Gasteiger partial charge in [0.1, 0.15) is 6.10 Å². The Kier molecular flexibility index (Phi) is 5.35. The highest BCUT2D eigenvalue weighted by molar-refractivity contribution is 5.84. The van der Waals surface area contributed by atoms with Gasteiger partial charge >= 0.3 is 0 Å². The average molecular weight is 200 g/mol. The zero-order valence-corrected chi connectivity index (χ0v) is 10.4. The first-order chi connectivity index (χ1) is 6.32. The SMILES string of the molecule is CCC(C)CC(=O)C(OC)C(C)(C)C. The fourth-order valence-electron chi connectivity index (χ4n) is 1.56. The summed E-state index contributed by atoms with van der Waals surface area (Å²) >= 11 is 0. The number of ether oxygens (including phenoxy) is 1. The van der Waals surface area contributed by atoms with Gasteiger partial charge in [0.25, 0.3) is 0 Å². The number of hydrogen-bond donors (Lipinski definition) is 0. The summed E-state index contributed by atoms with van der Waals surface area (Å²) in [4.78, 5) is 11.9. The first kappa shape index (κ1) is 13.6. The van der Waals surface area contributed by atoms with E-state index in [1.165, 1.54) is 0 Å². The maximum absolute atomic E-state index is 11.9. The molecule has 84 valence electrons. The van der Waals surface area contributed by atoms with Gasteiger partial charge in [-0.1, -0.05) is 41.0 Å². The summed E-state index contributed by atoms with van der Waals surface area (Å²) in [6.45, 7) is 10.3. The van der Waals surface area contributed by atoms with Crippen LogP contribution < -0.4 is 0 Å². The van der Waals surface area contributed by atoms with Crippen molar-refractivity contribution in [1.29, 1.82) is 0 Å². The normalized spacial score (nSPS) is 16.4. The Labute approximate surface area is 88.0 Å². The van der Waals surface area contributed by atoms with Crippen molar-refractivity contribution in [3.05, 3.63) is 0 Å². The third kappa shape index (κ3) is 4.23. The minimum Gasteiger partial charge on any atom is -0.373 e. The van der Waals surface area contributed by atoms with Crippen LogP contribution in [-0.2, 0) is 9.53 Å². The lowest BCUT2D eigenvalue weighted by Gasteiger charge is -2.28. The van der Waals surface area contributed by atoms with Crippen molar-refractivity contribution in [3.8, 4) is 0 Å². The van der Waals surface area contributed by atoms with Gasteiger partial charge in [0, 0.05) is 13.5 Å². The van der Waals surface area contributed by atoms with Crippen molar-refractivity contribution >= 4 is 5.78 Å². The third-order valence-corrected chi connectivity index (χ3v) is 2.56. The molecule has 0 saturated carbocycles. The Balaban J connectivity index is 4.33. The van der Waals surface area contributed by atoms with Gasteiger partial charge in [-0.2, -0.15) is 0 Å². The van der Waals surface area contributed by atoms with Gasteiger partial charge in [-0.05, 0) is 11.3 Å². The molecule has 0 fully saturated rings. The van der Waals surface area contributed by atoms with E-state index in [-0.39, 0.29) is 17.3 Å². The molecular formula is C12H24O2. The van der Waals surface area contributed by atoms with Crippen LogP contribution in [0.1, 0.15) is 47.5 Å². The van der Waals surface area contributed by atoms with Crippen molar-refractivity contribution in [3.63, 3.8) is 0 Å². The molecule has 0 spiro atoms. The molecule has 0 aliphatic carbocycles. The van der Waals surface area contributed by atoms with Crippen LogP contribution in [0.2, 0.25) is 0 Å². The highest BCUT2D eigenvalue weighted by Gasteiger charge is 2.31. The molecule has 2 heteroatoms. The van der Waals surface area contributed by atoms with E-state index in [1.54, 1.807) is 7.11 Å². The van der Waals surface area contributed by atoms with Gasteiger partial charge in [0.05, 0.1) is 0 Å². The number of methoxy groups -OCH3 is 1. The molecule has 0 aromatic heterocycles. The van der Waals surface area contributed by atoms with Crippen LogP contribution in [0.3, 0.4) is 0 Å². The van der Waals surface area contributed by atoms with Crippen LogP contribution >= 0.6 is 0 Å². The molecule has 0 heterocycles. The van der Waals surface area contributed by atoms with Crippen molar-refractivity contribution in [1.82, 2.24) is 0 Å². The van der Waals surface area contributed by atoms with E-state index < -0.39 is 0 Å². The number of carbonyl (C=O) groups excluding carboxylic acids is 1. The predicted molar refractivity (Wildman–Crippen MR) is 59.3 cm³/mol. The van der Waals surface area contributed by atoms with Crippen LogP contribution in [0.5, 0.6) is 0 Å². The van der Waals surface area contributed by atoms with Crippen molar-refractivity contribution < 1.29 is 9.53 Å². The summed E-state index contributed by atoms with van der Waals surface area (Å²) in [6.07, 6.45) is 1.41. The summed E-state index contributed by atoms with van der Waals surface area (Å²) < 4.78 is 5.27. The maximum atomic E-state index is 11.9. The maximum Gasteiger partial charge on any atom is 0.162 e. The molecule has 0 aromatic rings. The van der Waals surface area contributed by atoms with E-state index in [4.69, 9.17) is 4.74 Å². The van der Waals surface area contributed by atoms with Gasteiger partial charge in [-0.15, -0.1) is 0 Å². The van der Waals surface area contributed by atoms with Gasteiger partial charge < -0.3 is 4.74 Å². The quantitative estimate of drug-likeness (QED) is 0.682. The Morgan fingerprint density at radius 1 is 1.36 bits per heavy atom. The smallest absolute Gasteiger partial charge is 0.162 e. The van der Waals surface area contributed by atoms with E-state index in [1.807, 2.05) is 20.8 Å². The molecule has 2 nitrogen and oxygen atoms in total. The summed E-state index contributed by atoms with van der Waals surface area (Å²) in [6, 6.07) is 0. The molecule has 0 radical (unpaired) electrons. The highest BCUT2D eigenvalue weighted by Crippen LogP contribution is 2.25. The number of ketones is 1. The van der Waals surface area contributed by atoms with Gasteiger partial charge in [-0.3, -0.25) is 4.79 Å². The van der Waals surface area contributed by atoms with Crippen LogP contribution in [0.15, 0.2) is 0 Å². The van der Waals surface area contributed by atoms with Crippen LogP contribution in [0.25, 0.3) is 0 Å². The van der Waals surface area contributed by atoms with E-state index in [2.05, 4.69) is 13.8 Å². The monoisotopic (exact) mass is 200 g/mol. The minimum atomic E-state index is -0.267. The number of Topliss-reactive ketones (excluding diaryl/α,β-unsaturated/α-hetero) is 1. The molecule has 0 aliphatic heterocycles. The van der Waals surface area contributed by atoms with Crippen LogP contribution in [0, 0.1) is 11.3 Å². The number of carbonyl (C=O) groups is 1. The van der Waals surface area contributed by atoms with E-state index in [9.17, 15) is 4.79 Å². The molecule has 0 saturated heterocycles. The molecule has 0 bridgehead atoms. The first-order valence-electron chi connectivity index (χ1n) is 5.38. The average Bonchev–Trinajstić information content (AvgIpc) is 2.02. The molecule has 0 aromatic carbocycles. The lowest BCUT2D eigenvalue weighted by Crippen LogP contribution is -2.36. The van der Waals surface area contributed by atoms with Gasteiger partial charge in [0.2, 0.25) is 0 Å². The van der Waals surface area contributed by atoms with E-state index in [0.717, 1.165) is 6.42 Å². The largest absolute Gasteiger partial charge is 0.373 e. The minimum absolute atomic E-state index is 0.0979. The lowest BCUT2D eigenvalue weighted by atomic mass is 9.83. The molecule has 2 unspecified atom stereocenters. The topological polar surface area (TPSA) is 26.3 Å². The molecule has 0 aliphatic rings. The lowest BCUT2D eigenvalue weighted by molar-refractivity contribution is -0.135. The first-order valence-corrected chi connectivity index (χ1v) is 5.38. The Bertz CT molecular complexity index is 179. The molecule has 14 heavy (non-hydrogen) atoms. The summed E-state index contributed by atoms with van der Waals surface area (Å²) in [5, 5.41) is 0. The van der Waals surface area contributed by atoms with Crippen molar-refractivity contribution in [2.75, 3.05) is 7.11 Å². The second-order valence-electron chi connectivity index (χ2n) is 5.17. The van der Waals surface area contributed by atoms with Gasteiger partial charge in [0.15, 0.2) is 5.78 Å². The van der Waals surface area contributed by atoms with E-state index in [0.29, 0.717) is 12.3 Å². The third-order valence-electron chi connectivity index (χ3n) is 2.56. The standard InChI is InChI=1S/C12H24O2/c1-7-9(2)8-10(13)11(14-6)12(3,4)5/h9,11H,7-8H2,1-6H3. The number of hydrogen-bond acceptors (Lipinski definition) is 2. The van der Waals surface area contributed by atoms with Crippen molar-refractivity contribution in [2.24, 2.45) is 11.3 Å². The Morgan fingerprint density at radius 3 is 2.14 bits per heavy atom. The predicted octanol–water partition coefficient (Wildman–Crippen LogP) is 3.05. The zero-order valence-electron chi connectivity index (χ0n) is 10.4. The highest BCUT2D eigenvalue weighted by atomic mass is 16.5. The zero-order chi connectivity index (χ0) is 11.4. The summed E-state index contributed by atoms with van der Waals surface area (Å²) in [5.41, 5.74) is -0.0979. The molecule has 0 amide bonds. The molecule has 0 N–H and O–H groups in total. The second-order valence-corrected chi connectivity index (χ2v) is 5.17. The Morgan fingerprint density at radius 2 is 1.86 bits per heavy atom. The van der Waals surface area contributed by atoms with Crippen LogP contribution in [-0.4, -0.2) is 19.0 Å². The summed E-state index contributed by atoms with van der Waals surface area (Å²) in [7, 11) is 1.62. The molecule has 2 atom stereocenters.